The fourth-order valence-corrected chi connectivity index (χ4v) is 0.555. The first-order valence-electron chi connectivity index (χ1n) is 2.71. The Bertz CT molecular complexity index is 190. The van der Waals surface area contributed by atoms with Gasteiger partial charge in [-0.2, -0.15) is 0 Å². The zero-order valence-electron chi connectivity index (χ0n) is 5.11. The van der Waals surface area contributed by atoms with Crippen molar-refractivity contribution in [3.05, 3.63) is 30.7 Å². The van der Waals surface area contributed by atoms with E-state index in [1.807, 2.05) is 0 Å². The lowest BCUT2D eigenvalue weighted by Gasteiger charge is -1.97. The van der Waals surface area contributed by atoms with Crippen LogP contribution in [0.2, 0.25) is 0 Å². The largest absolute Gasteiger partial charge is 0.364 e. The SMILES string of the molecule is OC(F)[CH]c1cncnc1. The average molecular weight is 141 g/mol. The fraction of sp³-hybridized carbons (Fsp3) is 0.167. The molecule has 0 amide bonds. The first kappa shape index (κ1) is 7.08. The Labute approximate surface area is 57.6 Å². The highest BCUT2D eigenvalue weighted by molar-refractivity contribution is 5.14. The molecule has 10 heavy (non-hydrogen) atoms. The molecule has 3 nitrogen and oxygen atoms in total. The second-order valence-corrected chi connectivity index (χ2v) is 1.71. The molecule has 1 radical (unpaired) electrons. The number of aromatic nitrogens is 2. The summed E-state index contributed by atoms with van der Waals surface area (Å²) in [6, 6.07) is 0. The van der Waals surface area contributed by atoms with E-state index in [0.29, 0.717) is 5.56 Å². The summed E-state index contributed by atoms with van der Waals surface area (Å²) in [6.07, 6.45) is 3.24. The van der Waals surface area contributed by atoms with Crippen LogP contribution in [0.4, 0.5) is 4.39 Å². The molecule has 0 aliphatic carbocycles. The summed E-state index contributed by atoms with van der Waals surface area (Å²) in [5.74, 6) is 0. The summed E-state index contributed by atoms with van der Waals surface area (Å²) in [5, 5.41) is 8.23. The molecule has 1 heterocycles. The maximum Gasteiger partial charge on any atom is 0.204 e. The lowest BCUT2D eigenvalue weighted by Crippen LogP contribution is -1.99. The first-order valence-corrected chi connectivity index (χ1v) is 2.71. The zero-order chi connectivity index (χ0) is 7.40. The number of hydrogen-bond donors (Lipinski definition) is 1. The van der Waals surface area contributed by atoms with Crippen LogP contribution in [0.25, 0.3) is 0 Å². The number of nitrogens with zero attached hydrogens (tertiary/aromatic N) is 2. The van der Waals surface area contributed by atoms with Crippen LogP contribution < -0.4 is 0 Å². The molecule has 0 aliphatic heterocycles. The Balaban J connectivity index is 2.59. The molecule has 53 valence electrons. The smallest absolute Gasteiger partial charge is 0.204 e. The van der Waals surface area contributed by atoms with E-state index in [0.717, 1.165) is 6.42 Å². The van der Waals surface area contributed by atoms with E-state index in [1.54, 1.807) is 0 Å². The molecule has 0 saturated heterocycles. The van der Waals surface area contributed by atoms with Gasteiger partial charge in [0, 0.05) is 12.4 Å². The van der Waals surface area contributed by atoms with Crippen LogP contribution >= 0.6 is 0 Å². The number of halogens is 1. The summed E-state index contributed by atoms with van der Waals surface area (Å²) in [6.45, 7) is 0. The quantitative estimate of drug-likeness (QED) is 0.645. The third-order valence-electron chi connectivity index (χ3n) is 0.911. The molecule has 1 N–H and O–H groups in total. The van der Waals surface area contributed by atoms with Gasteiger partial charge in [-0.3, -0.25) is 0 Å². The van der Waals surface area contributed by atoms with Gasteiger partial charge in [-0.15, -0.1) is 0 Å². The second kappa shape index (κ2) is 3.22. The van der Waals surface area contributed by atoms with Crippen LogP contribution in [-0.4, -0.2) is 21.4 Å². The molecule has 1 aromatic heterocycles. The topological polar surface area (TPSA) is 46.0 Å². The number of aliphatic hydroxyl groups is 1. The maximum absolute atomic E-state index is 11.8. The third kappa shape index (κ3) is 2.06. The van der Waals surface area contributed by atoms with Crippen molar-refractivity contribution in [2.24, 2.45) is 0 Å². The van der Waals surface area contributed by atoms with E-state index in [1.165, 1.54) is 18.7 Å². The van der Waals surface area contributed by atoms with Gasteiger partial charge in [0.25, 0.3) is 0 Å². The van der Waals surface area contributed by atoms with Gasteiger partial charge < -0.3 is 5.11 Å². The number of rotatable bonds is 2. The van der Waals surface area contributed by atoms with Crippen LogP contribution in [-0.2, 0) is 0 Å². The van der Waals surface area contributed by atoms with E-state index < -0.39 is 6.36 Å². The Morgan fingerprint density at radius 1 is 1.50 bits per heavy atom. The van der Waals surface area contributed by atoms with Crippen LogP contribution in [0.5, 0.6) is 0 Å². The Kier molecular flexibility index (Phi) is 2.28. The predicted octanol–water partition coefficient (Wildman–Crippen LogP) is 0.317. The second-order valence-electron chi connectivity index (χ2n) is 1.71. The lowest BCUT2D eigenvalue weighted by molar-refractivity contribution is 0.0759. The Morgan fingerprint density at radius 2 is 2.10 bits per heavy atom. The third-order valence-corrected chi connectivity index (χ3v) is 0.911. The van der Waals surface area contributed by atoms with Crippen molar-refractivity contribution in [1.82, 2.24) is 9.97 Å². The van der Waals surface area contributed by atoms with Crippen molar-refractivity contribution >= 4 is 0 Å². The normalized spacial score (nSPS) is 13.0. The molecule has 1 rings (SSSR count). The predicted molar refractivity (Wildman–Crippen MR) is 32.5 cm³/mol. The molecule has 0 spiro atoms. The number of aliphatic hydroxyl groups excluding tert-OH is 1. The minimum Gasteiger partial charge on any atom is -0.364 e. The summed E-state index contributed by atoms with van der Waals surface area (Å²) in [5.41, 5.74) is 0.470. The summed E-state index contributed by atoms with van der Waals surface area (Å²) in [7, 11) is 0. The monoisotopic (exact) mass is 141 g/mol. The van der Waals surface area contributed by atoms with E-state index >= 15 is 0 Å². The Morgan fingerprint density at radius 3 is 2.60 bits per heavy atom. The van der Waals surface area contributed by atoms with Gasteiger partial charge in [0.05, 0.1) is 6.42 Å². The molecule has 1 atom stereocenters. The summed E-state index contributed by atoms with van der Waals surface area (Å²) in [4.78, 5) is 7.24. The standard InChI is InChI=1S/C6H6FN2O/c7-6(10)1-5-2-8-4-9-3-5/h1-4,6,10H. The summed E-state index contributed by atoms with van der Waals surface area (Å²) >= 11 is 0. The van der Waals surface area contributed by atoms with E-state index in [2.05, 4.69) is 9.97 Å². The number of alkyl halides is 1. The average Bonchev–Trinajstić information content (AvgIpc) is 1.88. The Hall–Kier alpha value is -1.03. The van der Waals surface area contributed by atoms with Crippen LogP contribution in [0.3, 0.4) is 0 Å². The zero-order valence-corrected chi connectivity index (χ0v) is 5.11. The van der Waals surface area contributed by atoms with Crippen molar-refractivity contribution in [3.8, 4) is 0 Å². The van der Waals surface area contributed by atoms with E-state index in [9.17, 15) is 4.39 Å². The highest BCUT2D eigenvalue weighted by atomic mass is 19.1. The molecule has 0 bridgehead atoms. The highest BCUT2D eigenvalue weighted by Crippen LogP contribution is 2.01. The van der Waals surface area contributed by atoms with Crippen molar-refractivity contribution in [2.75, 3.05) is 0 Å². The fourth-order valence-electron chi connectivity index (χ4n) is 0.555. The van der Waals surface area contributed by atoms with Crippen molar-refractivity contribution < 1.29 is 9.50 Å². The molecule has 1 unspecified atom stereocenters. The molecule has 0 saturated carbocycles. The van der Waals surface area contributed by atoms with Gasteiger partial charge in [0.2, 0.25) is 6.36 Å². The maximum atomic E-state index is 11.8. The van der Waals surface area contributed by atoms with Gasteiger partial charge in [-0.25, -0.2) is 14.4 Å². The van der Waals surface area contributed by atoms with Crippen molar-refractivity contribution in [1.29, 1.82) is 0 Å². The molecule has 0 fully saturated rings. The highest BCUT2D eigenvalue weighted by Gasteiger charge is 2.01. The van der Waals surface area contributed by atoms with Crippen LogP contribution in [0.15, 0.2) is 18.7 Å². The van der Waals surface area contributed by atoms with Gasteiger partial charge in [-0.05, 0) is 5.56 Å². The molecule has 4 heteroatoms. The summed E-state index contributed by atoms with van der Waals surface area (Å²) < 4.78 is 11.8. The van der Waals surface area contributed by atoms with Gasteiger partial charge >= 0.3 is 0 Å². The van der Waals surface area contributed by atoms with Gasteiger partial charge in [0.15, 0.2) is 0 Å². The van der Waals surface area contributed by atoms with Gasteiger partial charge in [0.1, 0.15) is 6.33 Å². The van der Waals surface area contributed by atoms with Gasteiger partial charge in [-0.1, -0.05) is 0 Å². The molecule has 0 aromatic carbocycles. The minimum absolute atomic E-state index is 0.470. The van der Waals surface area contributed by atoms with Crippen molar-refractivity contribution in [2.45, 2.75) is 6.36 Å². The number of hydrogen-bond acceptors (Lipinski definition) is 3. The van der Waals surface area contributed by atoms with E-state index in [4.69, 9.17) is 5.11 Å². The molecular formula is C6H6FN2O. The van der Waals surface area contributed by atoms with E-state index in [-0.39, 0.29) is 0 Å². The first-order chi connectivity index (χ1) is 4.79. The molecule has 1 aromatic rings. The minimum atomic E-state index is -1.94. The molecular weight excluding hydrogens is 135 g/mol. The van der Waals surface area contributed by atoms with Crippen LogP contribution in [0, 0.1) is 6.42 Å². The molecule has 0 aliphatic rings. The van der Waals surface area contributed by atoms with Crippen LogP contribution in [0.1, 0.15) is 5.56 Å². The lowest BCUT2D eigenvalue weighted by atomic mass is 10.2. The van der Waals surface area contributed by atoms with Crippen molar-refractivity contribution in [3.63, 3.8) is 0 Å².